The van der Waals surface area contributed by atoms with E-state index >= 15 is 0 Å². The average molecular weight is 493 g/mol. The maximum atomic E-state index is 12.5. The maximum absolute atomic E-state index is 12.5. The highest BCUT2D eigenvalue weighted by molar-refractivity contribution is 6.11. The van der Waals surface area contributed by atoms with Gasteiger partial charge in [0.2, 0.25) is 0 Å². The molecule has 6 heteroatoms. The van der Waals surface area contributed by atoms with Crippen molar-refractivity contribution in [1.82, 2.24) is 0 Å². The van der Waals surface area contributed by atoms with Gasteiger partial charge in [0.1, 0.15) is 23.0 Å². The minimum Gasteiger partial charge on any atom is -0.481 e. The lowest BCUT2D eigenvalue weighted by Crippen LogP contribution is -2.18. The molecule has 0 unspecified atom stereocenters. The normalized spacial score (nSPS) is 10.7. The van der Waals surface area contributed by atoms with Crippen molar-refractivity contribution in [3.8, 4) is 23.0 Å². The molecule has 0 N–H and O–H groups in total. The molecule has 0 saturated carbocycles. The molecule has 0 fully saturated rings. The summed E-state index contributed by atoms with van der Waals surface area (Å²) in [6, 6.07) is 31.1. The topological polar surface area (TPSA) is 71.1 Å². The van der Waals surface area contributed by atoms with Crippen LogP contribution in [0.4, 0.5) is 0 Å². The third-order valence-electron chi connectivity index (χ3n) is 5.70. The SMILES string of the molecule is Cc1ccc2c(OCC(=O)Oc3ccccc3)c3ccccc3c(OCC(=O)Oc3ccccc3)c2c1. The molecule has 5 aromatic carbocycles. The zero-order valence-corrected chi connectivity index (χ0v) is 20.2. The van der Waals surface area contributed by atoms with E-state index in [4.69, 9.17) is 18.9 Å². The van der Waals surface area contributed by atoms with E-state index in [1.807, 2.05) is 61.5 Å². The number of rotatable bonds is 8. The summed E-state index contributed by atoms with van der Waals surface area (Å²) >= 11 is 0. The van der Waals surface area contributed by atoms with Crippen molar-refractivity contribution in [3.05, 3.63) is 109 Å². The lowest BCUT2D eigenvalue weighted by molar-refractivity contribution is -0.137. The first-order valence-corrected chi connectivity index (χ1v) is 11.8. The van der Waals surface area contributed by atoms with Gasteiger partial charge in [-0.2, -0.15) is 0 Å². The van der Waals surface area contributed by atoms with E-state index < -0.39 is 11.9 Å². The number of ether oxygens (including phenoxy) is 4. The third kappa shape index (κ3) is 5.54. The van der Waals surface area contributed by atoms with Crippen LogP contribution < -0.4 is 18.9 Å². The molecule has 0 aliphatic rings. The summed E-state index contributed by atoms with van der Waals surface area (Å²) in [7, 11) is 0. The van der Waals surface area contributed by atoms with Crippen LogP contribution in [0, 0.1) is 6.92 Å². The summed E-state index contributed by atoms with van der Waals surface area (Å²) < 4.78 is 22.9. The van der Waals surface area contributed by atoms with Gasteiger partial charge in [-0.3, -0.25) is 0 Å². The summed E-state index contributed by atoms with van der Waals surface area (Å²) in [5.74, 6) is 0.952. The molecule has 0 saturated heterocycles. The predicted molar refractivity (Wildman–Crippen MR) is 141 cm³/mol. The Hall–Kier alpha value is -4.84. The molecule has 0 heterocycles. The summed E-state index contributed by atoms with van der Waals surface area (Å²) in [4.78, 5) is 25.0. The first kappa shape index (κ1) is 23.9. The van der Waals surface area contributed by atoms with E-state index in [-0.39, 0.29) is 13.2 Å². The Bertz CT molecular complexity index is 1560. The van der Waals surface area contributed by atoms with Crippen LogP contribution in [0.25, 0.3) is 21.5 Å². The van der Waals surface area contributed by atoms with Gasteiger partial charge in [-0.25, -0.2) is 9.59 Å². The fraction of sp³-hybridized carbons (Fsp3) is 0.0968. The first-order chi connectivity index (χ1) is 18.1. The fourth-order valence-electron chi connectivity index (χ4n) is 4.09. The van der Waals surface area contributed by atoms with Crippen molar-refractivity contribution in [2.45, 2.75) is 6.92 Å². The molecule has 6 nitrogen and oxygen atoms in total. The van der Waals surface area contributed by atoms with E-state index in [2.05, 4.69) is 0 Å². The number of fused-ring (bicyclic) bond motifs is 2. The van der Waals surface area contributed by atoms with Gasteiger partial charge in [0, 0.05) is 21.5 Å². The fourth-order valence-corrected chi connectivity index (χ4v) is 4.09. The second-order valence-electron chi connectivity index (χ2n) is 8.40. The standard InChI is InChI=1S/C31H24O6/c1-21-16-17-26-27(18-21)31(35-20-29(33)37-23-12-6-3-7-13-23)25-15-9-8-14-24(25)30(26)34-19-28(32)36-22-10-4-2-5-11-22/h2-18H,19-20H2,1H3. The number of hydrogen-bond acceptors (Lipinski definition) is 6. The Kier molecular flexibility index (Phi) is 6.99. The van der Waals surface area contributed by atoms with E-state index in [9.17, 15) is 9.59 Å². The van der Waals surface area contributed by atoms with E-state index in [0.29, 0.717) is 23.0 Å². The smallest absolute Gasteiger partial charge is 0.349 e. The van der Waals surface area contributed by atoms with Crippen LogP contribution in [0.15, 0.2) is 103 Å². The van der Waals surface area contributed by atoms with Crippen LogP contribution in [0.2, 0.25) is 0 Å². The van der Waals surface area contributed by atoms with Crippen LogP contribution in [0.3, 0.4) is 0 Å². The van der Waals surface area contributed by atoms with Crippen molar-refractivity contribution >= 4 is 33.5 Å². The second-order valence-corrected chi connectivity index (χ2v) is 8.40. The van der Waals surface area contributed by atoms with Crippen LogP contribution in [0.1, 0.15) is 5.56 Å². The zero-order chi connectivity index (χ0) is 25.6. The molecule has 0 atom stereocenters. The number of benzene rings is 5. The molecular formula is C31H24O6. The van der Waals surface area contributed by atoms with Gasteiger partial charge in [-0.05, 0) is 37.3 Å². The van der Waals surface area contributed by atoms with Crippen LogP contribution in [0.5, 0.6) is 23.0 Å². The van der Waals surface area contributed by atoms with E-state index in [0.717, 1.165) is 27.1 Å². The van der Waals surface area contributed by atoms with Gasteiger partial charge < -0.3 is 18.9 Å². The number of hydrogen-bond donors (Lipinski definition) is 0. The first-order valence-electron chi connectivity index (χ1n) is 11.8. The van der Waals surface area contributed by atoms with Crippen molar-refractivity contribution in [1.29, 1.82) is 0 Å². The molecule has 0 amide bonds. The van der Waals surface area contributed by atoms with Gasteiger partial charge >= 0.3 is 11.9 Å². The Balaban J connectivity index is 1.45. The zero-order valence-electron chi connectivity index (χ0n) is 20.2. The highest BCUT2D eigenvalue weighted by Crippen LogP contribution is 2.43. The molecule has 0 spiro atoms. The van der Waals surface area contributed by atoms with Gasteiger partial charge in [-0.1, -0.05) is 78.4 Å². The predicted octanol–water partition coefficient (Wildman–Crippen LogP) is 6.27. The van der Waals surface area contributed by atoms with E-state index in [1.54, 1.807) is 48.5 Å². The molecule has 0 bridgehead atoms. The molecule has 184 valence electrons. The van der Waals surface area contributed by atoms with Crippen molar-refractivity contribution in [2.75, 3.05) is 13.2 Å². The maximum Gasteiger partial charge on any atom is 0.349 e. The van der Waals surface area contributed by atoms with E-state index in [1.165, 1.54) is 0 Å². The second kappa shape index (κ2) is 10.8. The summed E-state index contributed by atoms with van der Waals surface area (Å²) in [6.45, 7) is 1.43. The highest BCUT2D eigenvalue weighted by atomic mass is 16.6. The van der Waals surface area contributed by atoms with Gasteiger partial charge in [-0.15, -0.1) is 0 Å². The van der Waals surface area contributed by atoms with Gasteiger partial charge in [0.25, 0.3) is 0 Å². The van der Waals surface area contributed by atoms with Gasteiger partial charge in [0.05, 0.1) is 0 Å². The van der Waals surface area contributed by atoms with Crippen molar-refractivity contribution in [2.24, 2.45) is 0 Å². The van der Waals surface area contributed by atoms with Gasteiger partial charge in [0.15, 0.2) is 13.2 Å². The number of carbonyl (C=O) groups excluding carboxylic acids is 2. The Morgan fingerprint density at radius 3 is 1.49 bits per heavy atom. The average Bonchev–Trinajstić information content (AvgIpc) is 2.91. The number of esters is 2. The number of aryl methyl sites for hydroxylation is 1. The number of carbonyl (C=O) groups is 2. The molecule has 5 aromatic rings. The molecule has 37 heavy (non-hydrogen) atoms. The summed E-state index contributed by atoms with van der Waals surface area (Å²) in [6.07, 6.45) is 0. The molecular weight excluding hydrogens is 468 g/mol. The summed E-state index contributed by atoms with van der Waals surface area (Å²) in [5, 5.41) is 3.01. The molecule has 0 aliphatic carbocycles. The molecule has 5 rings (SSSR count). The van der Waals surface area contributed by atoms with Crippen LogP contribution >= 0.6 is 0 Å². The molecule has 0 aromatic heterocycles. The summed E-state index contributed by atoms with van der Waals surface area (Å²) in [5.41, 5.74) is 1.01. The Morgan fingerprint density at radius 1 is 0.541 bits per heavy atom. The quantitative estimate of drug-likeness (QED) is 0.144. The number of para-hydroxylation sites is 2. The van der Waals surface area contributed by atoms with Crippen LogP contribution in [-0.2, 0) is 9.59 Å². The monoisotopic (exact) mass is 492 g/mol. The molecule has 0 aliphatic heterocycles. The van der Waals surface area contributed by atoms with Crippen molar-refractivity contribution < 1.29 is 28.5 Å². The largest absolute Gasteiger partial charge is 0.481 e. The lowest BCUT2D eigenvalue weighted by atomic mass is 9.99. The molecule has 0 radical (unpaired) electrons. The van der Waals surface area contributed by atoms with Crippen LogP contribution in [-0.4, -0.2) is 25.2 Å². The highest BCUT2D eigenvalue weighted by Gasteiger charge is 2.19. The third-order valence-corrected chi connectivity index (χ3v) is 5.70. The minimum atomic E-state index is -0.514. The lowest BCUT2D eigenvalue weighted by Gasteiger charge is -2.18. The van der Waals surface area contributed by atoms with Crippen molar-refractivity contribution in [3.63, 3.8) is 0 Å². The Labute approximate surface area is 214 Å². The minimum absolute atomic E-state index is 0.272. The Morgan fingerprint density at radius 2 is 0.973 bits per heavy atom.